The van der Waals surface area contributed by atoms with E-state index >= 15 is 0 Å². The van der Waals surface area contributed by atoms with Gasteiger partial charge in [-0.25, -0.2) is 0 Å². The van der Waals surface area contributed by atoms with Gasteiger partial charge >= 0.3 is 5.97 Å². The SMILES string of the molecule is COc1c(CCCC(=O)O)cccc1-c1noc(-c2ccc(OC(C)C)c(Cl)c2)n1. The lowest BCUT2D eigenvalue weighted by Crippen LogP contribution is -2.05. The molecule has 30 heavy (non-hydrogen) atoms. The van der Waals surface area contributed by atoms with Gasteiger partial charge in [0.25, 0.3) is 5.89 Å². The molecule has 0 fully saturated rings. The van der Waals surface area contributed by atoms with Gasteiger partial charge < -0.3 is 19.1 Å². The van der Waals surface area contributed by atoms with Gasteiger partial charge in [0, 0.05) is 12.0 Å². The summed E-state index contributed by atoms with van der Waals surface area (Å²) in [6.45, 7) is 3.86. The summed E-state index contributed by atoms with van der Waals surface area (Å²) < 4.78 is 16.7. The quantitative estimate of drug-likeness (QED) is 0.494. The second-order valence-electron chi connectivity index (χ2n) is 6.98. The second-order valence-corrected chi connectivity index (χ2v) is 7.39. The van der Waals surface area contributed by atoms with Gasteiger partial charge in [0.05, 0.1) is 23.8 Å². The third kappa shape index (κ3) is 5.10. The van der Waals surface area contributed by atoms with Gasteiger partial charge in [-0.05, 0) is 56.5 Å². The van der Waals surface area contributed by atoms with Crippen LogP contribution in [0.5, 0.6) is 11.5 Å². The highest BCUT2D eigenvalue weighted by Crippen LogP contribution is 2.35. The summed E-state index contributed by atoms with van der Waals surface area (Å²) >= 11 is 6.31. The van der Waals surface area contributed by atoms with Crippen LogP contribution in [0.15, 0.2) is 40.9 Å². The number of carboxylic acids is 1. The molecule has 2 aromatic carbocycles. The number of methoxy groups -OCH3 is 1. The van der Waals surface area contributed by atoms with Crippen LogP contribution < -0.4 is 9.47 Å². The Morgan fingerprint density at radius 3 is 2.73 bits per heavy atom. The molecular formula is C22H23ClN2O5. The monoisotopic (exact) mass is 430 g/mol. The maximum atomic E-state index is 10.8. The van der Waals surface area contributed by atoms with Crippen molar-refractivity contribution in [3.05, 3.63) is 47.0 Å². The Balaban J connectivity index is 1.87. The largest absolute Gasteiger partial charge is 0.496 e. The molecule has 0 amide bonds. The van der Waals surface area contributed by atoms with E-state index in [-0.39, 0.29) is 12.5 Å². The Kier molecular flexibility index (Phi) is 6.95. The van der Waals surface area contributed by atoms with Crippen molar-refractivity contribution >= 4 is 17.6 Å². The number of hydrogen-bond donors (Lipinski definition) is 1. The lowest BCUT2D eigenvalue weighted by molar-refractivity contribution is -0.137. The van der Waals surface area contributed by atoms with Gasteiger partial charge in [0.2, 0.25) is 5.82 Å². The molecule has 1 N–H and O–H groups in total. The minimum atomic E-state index is -0.823. The van der Waals surface area contributed by atoms with Crippen molar-refractivity contribution in [3.63, 3.8) is 0 Å². The van der Waals surface area contributed by atoms with Crippen LogP contribution in [0.4, 0.5) is 0 Å². The number of aryl methyl sites for hydroxylation is 1. The van der Waals surface area contributed by atoms with E-state index in [0.29, 0.717) is 52.2 Å². The molecule has 7 nitrogen and oxygen atoms in total. The number of nitrogens with zero attached hydrogens (tertiary/aromatic N) is 2. The summed E-state index contributed by atoms with van der Waals surface area (Å²) in [6.07, 6.45) is 1.19. The Morgan fingerprint density at radius 1 is 1.27 bits per heavy atom. The standard InChI is InChI=1S/C22H23ClN2O5/c1-13(2)29-18-11-10-15(12-17(18)23)22-24-21(25-30-22)16-8-4-6-14(20(16)28-3)7-5-9-19(26)27/h4,6,8,10-13H,5,7,9H2,1-3H3,(H,26,27). The van der Waals surface area contributed by atoms with Gasteiger partial charge in [-0.15, -0.1) is 0 Å². The van der Waals surface area contributed by atoms with E-state index in [0.717, 1.165) is 5.56 Å². The highest BCUT2D eigenvalue weighted by Gasteiger charge is 2.18. The molecule has 0 saturated heterocycles. The summed E-state index contributed by atoms with van der Waals surface area (Å²) in [4.78, 5) is 15.3. The number of rotatable bonds is 9. The number of aliphatic carboxylic acids is 1. The summed E-state index contributed by atoms with van der Waals surface area (Å²) in [5.74, 6) is 1.07. The van der Waals surface area contributed by atoms with Gasteiger partial charge in [-0.3, -0.25) is 4.79 Å². The van der Waals surface area contributed by atoms with E-state index in [9.17, 15) is 4.79 Å². The Hall–Kier alpha value is -3.06. The molecule has 0 aliphatic carbocycles. The van der Waals surface area contributed by atoms with E-state index < -0.39 is 5.97 Å². The van der Waals surface area contributed by atoms with Crippen molar-refractivity contribution < 1.29 is 23.9 Å². The average Bonchev–Trinajstić information content (AvgIpc) is 3.18. The highest BCUT2D eigenvalue weighted by atomic mass is 35.5. The summed E-state index contributed by atoms with van der Waals surface area (Å²) in [5, 5.41) is 13.4. The third-order valence-corrected chi connectivity index (χ3v) is 4.64. The van der Waals surface area contributed by atoms with Crippen molar-refractivity contribution in [1.82, 2.24) is 10.1 Å². The number of benzene rings is 2. The maximum absolute atomic E-state index is 10.8. The summed E-state index contributed by atoms with van der Waals surface area (Å²) in [7, 11) is 1.56. The molecule has 158 valence electrons. The van der Waals surface area contributed by atoms with Crippen LogP contribution in [0.1, 0.15) is 32.3 Å². The minimum absolute atomic E-state index is 0.0126. The maximum Gasteiger partial charge on any atom is 0.303 e. The van der Waals surface area contributed by atoms with Gasteiger partial charge in [-0.1, -0.05) is 28.9 Å². The molecule has 0 spiro atoms. The number of ether oxygens (including phenoxy) is 2. The van der Waals surface area contributed by atoms with Gasteiger partial charge in [0.1, 0.15) is 11.5 Å². The summed E-state index contributed by atoms with van der Waals surface area (Å²) in [5.41, 5.74) is 2.23. The molecule has 0 saturated carbocycles. The normalized spacial score (nSPS) is 11.0. The molecule has 1 aromatic heterocycles. The first-order valence-corrected chi connectivity index (χ1v) is 9.95. The Labute approximate surface area is 179 Å². The van der Waals surface area contributed by atoms with Gasteiger partial charge in [0.15, 0.2) is 0 Å². The third-order valence-electron chi connectivity index (χ3n) is 4.35. The molecule has 8 heteroatoms. The van der Waals surface area contributed by atoms with Crippen LogP contribution in [0.3, 0.4) is 0 Å². The molecular weight excluding hydrogens is 408 g/mol. The van der Waals surface area contributed by atoms with Crippen LogP contribution in [-0.2, 0) is 11.2 Å². The molecule has 3 rings (SSSR count). The van der Waals surface area contributed by atoms with Crippen LogP contribution in [0.2, 0.25) is 5.02 Å². The van der Waals surface area contributed by atoms with Crippen LogP contribution >= 0.6 is 11.6 Å². The highest BCUT2D eigenvalue weighted by molar-refractivity contribution is 6.32. The van der Waals surface area contributed by atoms with E-state index in [1.54, 1.807) is 25.3 Å². The predicted molar refractivity (Wildman–Crippen MR) is 113 cm³/mol. The van der Waals surface area contributed by atoms with Crippen LogP contribution in [0.25, 0.3) is 22.8 Å². The van der Waals surface area contributed by atoms with Crippen molar-refractivity contribution in [2.24, 2.45) is 0 Å². The topological polar surface area (TPSA) is 94.7 Å². The van der Waals surface area contributed by atoms with E-state index in [1.165, 1.54) is 0 Å². The van der Waals surface area contributed by atoms with Crippen molar-refractivity contribution in [1.29, 1.82) is 0 Å². The molecule has 3 aromatic rings. The zero-order chi connectivity index (χ0) is 21.7. The van der Waals surface area contributed by atoms with Crippen LogP contribution in [-0.4, -0.2) is 34.4 Å². The fraction of sp³-hybridized carbons (Fsp3) is 0.318. The second kappa shape index (κ2) is 9.63. The van der Waals surface area contributed by atoms with Crippen molar-refractivity contribution in [2.75, 3.05) is 7.11 Å². The molecule has 0 unspecified atom stereocenters. The minimum Gasteiger partial charge on any atom is -0.496 e. The molecule has 0 bridgehead atoms. The predicted octanol–water partition coefficient (Wildman–Crippen LogP) is 5.26. The van der Waals surface area contributed by atoms with Crippen molar-refractivity contribution in [3.8, 4) is 34.3 Å². The zero-order valence-corrected chi connectivity index (χ0v) is 17.8. The fourth-order valence-electron chi connectivity index (χ4n) is 3.06. The first-order chi connectivity index (χ1) is 14.4. The molecule has 0 aliphatic heterocycles. The average molecular weight is 431 g/mol. The number of para-hydroxylation sites is 1. The fourth-order valence-corrected chi connectivity index (χ4v) is 3.29. The molecule has 0 atom stereocenters. The lowest BCUT2D eigenvalue weighted by atomic mass is 10.0. The van der Waals surface area contributed by atoms with E-state index in [4.69, 9.17) is 30.7 Å². The van der Waals surface area contributed by atoms with E-state index in [2.05, 4.69) is 10.1 Å². The lowest BCUT2D eigenvalue weighted by Gasteiger charge is -2.11. The molecule has 0 aliphatic rings. The smallest absolute Gasteiger partial charge is 0.303 e. The number of aromatic nitrogens is 2. The van der Waals surface area contributed by atoms with Crippen LogP contribution in [0, 0.1) is 0 Å². The van der Waals surface area contributed by atoms with Crippen molar-refractivity contribution in [2.45, 2.75) is 39.2 Å². The number of halogens is 1. The first kappa shape index (κ1) is 21.6. The first-order valence-electron chi connectivity index (χ1n) is 9.57. The number of carboxylic acid groups (broad SMARTS) is 1. The molecule has 1 heterocycles. The van der Waals surface area contributed by atoms with Gasteiger partial charge in [-0.2, -0.15) is 4.98 Å². The zero-order valence-electron chi connectivity index (χ0n) is 17.0. The molecule has 0 radical (unpaired) electrons. The Bertz CT molecular complexity index is 1030. The summed E-state index contributed by atoms with van der Waals surface area (Å²) in [6, 6.07) is 10.9. The number of carbonyl (C=O) groups is 1. The number of hydrogen-bond acceptors (Lipinski definition) is 6. The van der Waals surface area contributed by atoms with E-state index in [1.807, 2.05) is 32.0 Å². The Morgan fingerprint density at radius 2 is 2.07 bits per heavy atom.